The van der Waals surface area contributed by atoms with Gasteiger partial charge in [-0.2, -0.15) is 5.26 Å². The standard InChI is InChI=1S/C16H19N3O/c1-18-9-10-19(15(20)16(12-17)7-8-16)14(11-18)13-5-3-2-4-6-13/h2-6,14H,7-11H2,1H3. The zero-order valence-electron chi connectivity index (χ0n) is 11.7. The Balaban J connectivity index is 1.88. The number of likely N-dealkylation sites (N-methyl/N-ethyl adjacent to an activating group) is 1. The number of amides is 1. The van der Waals surface area contributed by atoms with Gasteiger partial charge in [0.05, 0.1) is 12.1 Å². The molecule has 1 aliphatic carbocycles. The fourth-order valence-electron chi connectivity index (χ4n) is 2.90. The molecular weight excluding hydrogens is 250 g/mol. The van der Waals surface area contributed by atoms with E-state index in [-0.39, 0.29) is 11.9 Å². The van der Waals surface area contributed by atoms with Crippen molar-refractivity contribution in [1.82, 2.24) is 9.80 Å². The minimum absolute atomic E-state index is 0.0296. The predicted octanol–water partition coefficient (Wildman–Crippen LogP) is 1.81. The quantitative estimate of drug-likeness (QED) is 0.822. The number of nitrogens with zero attached hydrogens (tertiary/aromatic N) is 3. The van der Waals surface area contributed by atoms with E-state index in [2.05, 4.69) is 30.1 Å². The maximum Gasteiger partial charge on any atom is 0.243 e. The third kappa shape index (κ3) is 2.19. The first-order valence-electron chi connectivity index (χ1n) is 7.12. The summed E-state index contributed by atoms with van der Waals surface area (Å²) in [5.41, 5.74) is 0.435. The molecule has 2 fully saturated rings. The van der Waals surface area contributed by atoms with Crippen molar-refractivity contribution in [2.75, 3.05) is 26.7 Å². The van der Waals surface area contributed by atoms with Crippen LogP contribution >= 0.6 is 0 Å². The second-order valence-corrected chi connectivity index (χ2v) is 5.88. The van der Waals surface area contributed by atoms with E-state index < -0.39 is 5.41 Å². The van der Waals surface area contributed by atoms with Crippen molar-refractivity contribution in [3.63, 3.8) is 0 Å². The average molecular weight is 269 g/mol. The van der Waals surface area contributed by atoms with Gasteiger partial charge < -0.3 is 9.80 Å². The first kappa shape index (κ1) is 13.1. The van der Waals surface area contributed by atoms with Crippen LogP contribution in [0.15, 0.2) is 30.3 Å². The van der Waals surface area contributed by atoms with E-state index in [4.69, 9.17) is 0 Å². The number of piperazine rings is 1. The van der Waals surface area contributed by atoms with Gasteiger partial charge in [0.2, 0.25) is 5.91 Å². The molecule has 4 heteroatoms. The van der Waals surface area contributed by atoms with E-state index in [0.717, 1.165) is 31.5 Å². The second-order valence-electron chi connectivity index (χ2n) is 5.88. The second kappa shape index (κ2) is 4.92. The van der Waals surface area contributed by atoms with Gasteiger partial charge in [-0.15, -0.1) is 0 Å². The Morgan fingerprint density at radius 3 is 2.60 bits per heavy atom. The molecule has 4 nitrogen and oxygen atoms in total. The number of rotatable bonds is 2. The molecule has 2 aliphatic rings. The number of carbonyl (C=O) groups is 1. The lowest BCUT2D eigenvalue weighted by molar-refractivity contribution is -0.140. The number of hydrogen-bond donors (Lipinski definition) is 0. The van der Waals surface area contributed by atoms with Crippen LogP contribution in [0, 0.1) is 16.7 Å². The first-order valence-corrected chi connectivity index (χ1v) is 7.12. The molecule has 1 saturated carbocycles. The molecule has 1 aliphatic heterocycles. The van der Waals surface area contributed by atoms with E-state index >= 15 is 0 Å². The zero-order chi connectivity index (χ0) is 14.2. The molecule has 1 amide bonds. The lowest BCUT2D eigenvalue weighted by Crippen LogP contribution is -2.51. The van der Waals surface area contributed by atoms with Gasteiger partial charge in [0.15, 0.2) is 0 Å². The smallest absolute Gasteiger partial charge is 0.243 e. The molecule has 1 heterocycles. The van der Waals surface area contributed by atoms with Crippen molar-refractivity contribution in [1.29, 1.82) is 5.26 Å². The third-order valence-electron chi connectivity index (χ3n) is 4.40. The Kier molecular flexibility index (Phi) is 3.23. The topological polar surface area (TPSA) is 47.3 Å². The van der Waals surface area contributed by atoms with Crippen LogP contribution in [0.5, 0.6) is 0 Å². The lowest BCUT2D eigenvalue weighted by Gasteiger charge is -2.41. The highest BCUT2D eigenvalue weighted by atomic mass is 16.2. The molecular formula is C16H19N3O. The van der Waals surface area contributed by atoms with E-state index in [9.17, 15) is 10.1 Å². The minimum Gasteiger partial charge on any atom is -0.332 e. The molecule has 20 heavy (non-hydrogen) atoms. The normalized spacial score (nSPS) is 25.0. The Morgan fingerprint density at radius 1 is 1.30 bits per heavy atom. The highest BCUT2D eigenvalue weighted by Gasteiger charge is 2.54. The zero-order valence-corrected chi connectivity index (χ0v) is 11.7. The summed E-state index contributed by atoms with van der Waals surface area (Å²) in [5.74, 6) is 0.0296. The number of hydrogen-bond acceptors (Lipinski definition) is 3. The number of nitriles is 1. The SMILES string of the molecule is CN1CCN(C(=O)C2(C#N)CC2)C(c2ccccc2)C1. The first-order chi connectivity index (χ1) is 9.66. The molecule has 104 valence electrons. The molecule has 0 bridgehead atoms. The molecule has 0 N–H and O–H groups in total. The van der Waals surface area contributed by atoms with Gasteiger partial charge in [-0.05, 0) is 25.5 Å². The summed E-state index contributed by atoms with van der Waals surface area (Å²) in [6, 6.07) is 12.4. The van der Waals surface area contributed by atoms with Crippen molar-refractivity contribution in [3.8, 4) is 6.07 Å². The van der Waals surface area contributed by atoms with Crippen molar-refractivity contribution in [2.45, 2.75) is 18.9 Å². The van der Waals surface area contributed by atoms with E-state index in [0.29, 0.717) is 6.54 Å². The van der Waals surface area contributed by atoms with Crippen LogP contribution in [0.4, 0.5) is 0 Å². The van der Waals surface area contributed by atoms with Gasteiger partial charge in [0.25, 0.3) is 0 Å². The molecule has 1 aromatic rings. The van der Waals surface area contributed by atoms with Gasteiger partial charge in [-0.3, -0.25) is 4.79 Å². The molecule has 0 spiro atoms. The Morgan fingerprint density at radius 2 is 2.00 bits per heavy atom. The van der Waals surface area contributed by atoms with Gasteiger partial charge in [0.1, 0.15) is 5.41 Å². The van der Waals surface area contributed by atoms with Crippen LogP contribution < -0.4 is 0 Å². The average Bonchev–Trinajstić information content (AvgIpc) is 3.28. The molecule has 1 saturated heterocycles. The summed E-state index contributed by atoms with van der Waals surface area (Å²) in [4.78, 5) is 16.9. The highest BCUT2D eigenvalue weighted by Crippen LogP contribution is 2.48. The van der Waals surface area contributed by atoms with Gasteiger partial charge >= 0.3 is 0 Å². The van der Waals surface area contributed by atoms with Crippen LogP contribution in [0.25, 0.3) is 0 Å². The monoisotopic (exact) mass is 269 g/mol. The maximum absolute atomic E-state index is 12.7. The highest BCUT2D eigenvalue weighted by molar-refractivity contribution is 5.88. The molecule has 1 atom stereocenters. The van der Waals surface area contributed by atoms with Crippen molar-refractivity contribution >= 4 is 5.91 Å². The maximum atomic E-state index is 12.7. The molecule has 3 rings (SSSR count). The largest absolute Gasteiger partial charge is 0.332 e. The van der Waals surface area contributed by atoms with Crippen LogP contribution in [0.3, 0.4) is 0 Å². The van der Waals surface area contributed by atoms with Crippen LogP contribution in [0.1, 0.15) is 24.4 Å². The Hall–Kier alpha value is -1.86. The number of carbonyl (C=O) groups excluding carboxylic acids is 1. The van der Waals surface area contributed by atoms with Gasteiger partial charge in [0, 0.05) is 19.6 Å². The predicted molar refractivity (Wildman–Crippen MR) is 75.7 cm³/mol. The third-order valence-corrected chi connectivity index (χ3v) is 4.40. The van der Waals surface area contributed by atoms with Crippen molar-refractivity contribution in [2.24, 2.45) is 5.41 Å². The summed E-state index contributed by atoms with van der Waals surface area (Å²) in [6.45, 7) is 2.41. The van der Waals surface area contributed by atoms with E-state index in [1.807, 2.05) is 23.1 Å². The molecule has 0 aromatic heterocycles. The van der Waals surface area contributed by atoms with Crippen molar-refractivity contribution < 1.29 is 4.79 Å². The summed E-state index contributed by atoms with van der Waals surface area (Å²) in [7, 11) is 2.08. The Bertz CT molecular complexity index is 545. The van der Waals surface area contributed by atoms with Crippen molar-refractivity contribution in [3.05, 3.63) is 35.9 Å². The van der Waals surface area contributed by atoms with E-state index in [1.54, 1.807) is 0 Å². The summed E-state index contributed by atoms with van der Waals surface area (Å²) in [6.07, 6.45) is 1.44. The fraction of sp³-hybridized carbons (Fsp3) is 0.500. The van der Waals surface area contributed by atoms with E-state index in [1.165, 1.54) is 0 Å². The Labute approximate surface area is 119 Å². The fourth-order valence-corrected chi connectivity index (χ4v) is 2.90. The lowest BCUT2D eigenvalue weighted by atomic mass is 9.99. The van der Waals surface area contributed by atoms with Gasteiger partial charge in [-0.1, -0.05) is 30.3 Å². The van der Waals surface area contributed by atoms with Crippen LogP contribution in [-0.4, -0.2) is 42.4 Å². The molecule has 0 radical (unpaired) electrons. The molecule has 1 aromatic carbocycles. The number of benzene rings is 1. The summed E-state index contributed by atoms with van der Waals surface area (Å²) < 4.78 is 0. The van der Waals surface area contributed by atoms with Crippen LogP contribution in [-0.2, 0) is 4.79 Å². The summed E-state index contributed by atoms with van der Waals surface area (Å²) >= 11 is 0. The van der Waals surface area contributed by atoms with Gasteiger partial charge in [-0.25, -0.2) is 0 Å². The molecule has 1 unspecified atom stereocenters. The minimum atomic E-state index is -0.719. The summed E-state index contributed by atoms with van der Waals surface area (Å²) in [5, 5.41) is 9.26. The van der Waals surface area contributed by atoms with Crippen LogP contribution in [0.2, 0.25) is 0 Å².